The van der Waals surface area contributed by atoms with Gasteiger partial charge in [-0.2, -0.15) is 0 Å². The maximum absolute atomic E-state index is 11.7. The Morgan fingerprint density at radius 3 is 2.89 bits per heavy atom. The normalized spacial score (nSPS) is 24.8. The van der Waals surface area contributed by atoms with Crippen molar-refractivity contribution in [2.45, 2.75) is 25.8 Å². The molecule has 2 unspecified atom stereocenters. The zero-order chi connectivity index (χ0) is 13.1. The molecule has 0 saturated carbocycles. The van der Waals surface area contributed by atoms with Gasteiger partial charge < -0.3 is 4.74 Å². The van der Waals surface area contributed by atoms with Crippen LogP contribution in [0.25, 0.3) is 0 Å². The number of carbonyl (C=O) groups is 1. The maximum Gasteiger partial charge on any atom is 0.308 e. The molecule has 0 radical (unpaired) electrons. The molecule has 1 aromatic carbocycles. The van der Waals surface area contributed by atoms with Gasteiger partial charge in [-0.05, 0) is 38.9 Å². The quantitative estimate of drug-likeness (QED) is 0.752. The lowest BCUT2D eigenvalue weighted by Gasteiger charge is -2.36. The molecule has 0 bridgehead atoms. The molecule has 2 rings (SSSR count). The standard InChI is InChI=1S/C15H21NO2/c1-11-5-4-6-12(9-11)14-10-13(15(17)18-3)7-8-16(14)2/h4-6,9,13-14H,7-8,10H2,1-3H3. The number of piperidine rings is 1. The first-order valence-corrected chi connectivity index (χ1v) is 6.46. The molecule has 0 aliphatic carbocycles. The van der Waals surface area contributed by atoms with Gasteiger partial charge in [-0.3, -0.25) is 9.69 Å². The van der Waals surface area contributed by atoms with Crippen molar-refractivity contribution in [2.75, 3.05) is 20.7 Å². The van der Waals surface area contributed by atoms with Crippen LogP contribution < -0.4 is 0 Å². The summed E-state index contributed by atoms with van der Waals surface area (Å²) in [4.78, 5) is 14.0. The first-order chi connectivity index (χ1) is 8.61. The van der Waals surface area contributed by atoms with Crippen LogP contribution in [0.3, 0.4) is 0 Å². The van der Waals surface area contributed by atoms with E-state index in [4.69, 9.17) is 4.74 Å². The second-order valence-electron chi connectivity index (χ2n) is 5.16. The van der Waals surface area contributed by atoms with E-state index in [0.29, 0.717) is 6.04 Å². The topological polar surface area (TPSA) is 29.5 Å². The summed E-state index contributed by atoms with van der Waals surface area (Å²) in [5, 5.41) is 0. The summed E-state index contributed by atoms with van der Waals surface area (Å²) in [7, 11) is 3.60. The Hall–Kier alpha value is -1.35. The summed E-state index contributed by atoms with van der Waals surface area (Å²) in [6.45, 7) is 3.04. The molecular weight excluding hydrogens is 226 g/mol. The minimum atomic E-state index is -0.0687. The molecule has 1 aliphatic heterocycles. The summed E-state index contributed by atoms with van der Waals surface area (Å²) < 4.78 is 4.88. The zero-order valence-electron chi connectivity index (χ0n) is 11.3. The second kappa shape index (κ2) is 5.53. The monoisotopic (exact) mass is 247 g/mol. The minimum absolute atomic E-state index is 0.0386. The predicted molar refractivity (Wildman–Crippen MR) is 71.3 cm³/mol. The van der Waals surface area contributed by atoms with Crippen LogP contribution in [0.15, 0.2) is 24.3 Å². The molecular formula is C15H21NO2. The molecule has 0 N–H and O–H groups in total. The molecule has 1 heterocycles. The van der Waals surface area contributed by atoms with Crippen LogP contribution in [0, 0.1) is 12.8 Å². The van der Waals surface area contributed by atoms with E-state index >= 15 is 0 Å². The predicted octanol–water partition coefficient (Wildman–Crippen LogP) is 2.55. The van der Waals surface area contributed by atoms with Crippen molar-refractivity contribution in [3.05, 3.63) is 35.4 Å². The van der Waals surface area contributed by atoms with Gasteiger partial charge in [0.05, 0.1) is 13.0 Å². The molecule has 2 atom stereocenters. The number of esters is 1. The highest BCUT2D eigenvalue weighted by molar-refractivity contribution is 5.72. The number of rotatable bonds is 2. The third-order valence-electron chi connectivity index (χ3n) is 3.83. The Morgan fingerprint density at radius 2 is 2.22 bits per heavy atom. The first-order valence-electron chi connectivity index (χ1n) is 6.46. The van der Waals surface area contributed by atoms with Crippen molar-refractivity contribution in [1.29, 1.82) is 0 Å². The van der Waals surface area contributed by atoms with Crippen molar-refractivity contribution < 1.29 is 9.53 Å². The Kier molecular flexibility index (Phi) is 4.02. The molecule has 3 nitrogen and oxygen atoms in total. The molecule has 1 aromatic rings. The van der Waals surface area contributed by atoms with Gasteiger partial charge in [-0.1, -0.05) is 29.8 Å². The lowest BCUT2D eigenvalue weighted by molar-refractivity contribution is -0.147. The number of ether oxygens (including phenoxy) is 1. The number of likely N-dealkylation sites (tertiary alicyclic amines) is 1. The van der Waals surface area contributed by atoms with Crippen molar-refractivity contribution in [3.8, 4) is 0 Å². The number of benzene rings is 1. The SMILES string of the molecule is COC(=O)C1CCN(C)C(c2cccc(C)c2)C1. The molecule has 0 spiro atoms. The van der Waals surface area contributed by atoms with E-state index in [2.05, 4.69) is 43.1 Å². The van der Waals surface area contributed by atoms with Crippen LogP contribution in [0.4, 0.5) is 0 Å². The fourth-order valence-corrected chi connectivity index (χ4v) is 2.73. The number of nitrogens with zero attached hydrogens (tertiary/aromatic N) is 1. The van der Waals surface area contributed by atoms with Gasteiger partial charge in [-0.25, -0.2) is 0 Å². The van der Waals surface area contributed by atoms with E-state index in [1.54, 1.807) is 0 Å². The summed E-state index contributed by atoms with van der Waals surface area (Å²) >= 11 is 0. The zero-order valence-corrected chi connectivity index (χ0v) is 11.3. The van der Waals surface area contributed by atoms with Crippen molar-refractivity contribution >= 4 is 5.97 Å². The van der Waals surface area contributed by atoms with Gasteiger partial charge >= 0.3 is 5.97 Å². The van der Waals surface area contributed by atoms with Gasteiger partial charge in [0.2, 0.25) is 0 Å². The Morgan fingerprint density at radius 1 is 1.44 bits per heavy atom. The number of aryl methyl sites for hydroxylation is 1. The molecule has 18 heavy (non-hydrogen) atoms. The molecule has 1 fully saturated rings. The number of hydrogen-bond donors (Lipinski definition) is 0. The second-order valence-corrected chi connectivity index (χ2v) is 5.16. The fraction of sp³-hybridized carbons (Fsp3) is 0.533. The highest BCUT2D eigenvalue weighted by Gasteiger charge is 2.31. The first kappa shape index (κ1) is 13.1. The summed E-state index contributed by atoms with van der Waals surface area (Å²) in [5.41, 5.74) is 2.56. The minimum Gasteiger partial charge on any atom is -0.469 e. The van der Waals surface area contributed by atoms with Gasteiger partial charge in [-0.15, -0.1) is 0 Å². The van der Waals surface area contributed by atoms with Crippen molar-refractivity contribution in [2.24, 2.45) is 5.92 Å². The molecule has 1 saturated heterocycles. The number of hydrogen-bond acceptors (Lipinski definition) is 3. The van der Waals surface area contributed by atoms with Crippen molar-refractivity contribution in [3.63, 3.8) is 0 Å². The van der Waals surface area contributed by atoms with E-state index in [1.807, 2.05) is 0 Å². The summed E-state index contributed by atoms with van der Waals surface area (Å²) in [5.74, 6) is -0.0301. The largest absolute Gasteiger partial charge is 0.469 e. The summed E-state index contributed by atoms with van der Waals surface area (Å²) in [6, 6.07) is 8.86. The third kappa shape index (κ3) is 2.72. The molecule has 0 amide bonds. The van der Waals surface area contributed by atoms with Crippen LogP contribution in [0.2, 0.25) is 0 Å². The van der Waals surface area contributed by atoms with Crippen LogP contribution in [-0.2, 0) is 9.53 Å². The van der Waals surface area contributed by atoms with Gasteiger partial charge in [0.1, 0.15) is 0 Å². The van der Waals surface area contributed by atoms with Crippen LogP contribution in [0.5, 0.6) is 0 Å². The Bertz CT molecular complexity index is 430. The molecule has 98 valence electrons. The van der Waals surface area contributed by atoms with Gasteiger partial charge in [0.15, 0.2) is 0 Å². The van der Waals surface area contributed by atoms with Crippen LogP contribution in [0.1, 0.15) is 30.0 Å². The van der Waals surface area contributed by atoms with E-state index in [9.17, 15) is 4.79 Å². The van der Waals surface area contributed by atoms with E-state index < -0.39 is 0 Å². The lowest BCUT2D eigenvalue weighted by Crippen LogP contribution is -2.36. The van der Waals surface area contributed by atoms with E-state index in [0.717, 1.165) is 19.4 Å². The highest BCUT2D eigenvalue weighted by Crippen LogP contribution is 2.33. The maximum atomic E-state index is 11.7. The lowest BCUT2D eigenvalue weighted by atomic mass is 9.87. The highest BCUT2D eigenvalue weighted by atomic mass is 16.5. The van der Waals surface area contributed by atoms with E-state index in [1.165, 1.54) is 18.2 Å². The smallest absolute Gasteiger partial charge is 0.308 e. The van der Waals surface area contributed by atoms with Gasteiger partial charge in [0, 0.05) is 6.04 Å². The van der Waals surface area contributed by atoms with Crippen LogP contribution in [-0.4, -0.2) is 31.6 Å². The average Bonchev–Trinajstić information content (AvgIpc) is 2.38. The molecule has 0 aromatic heterocycles. The van der Waals surface area contributed by atoms with Crippen molar-refractivity contribution in [1.82, 2.24) is 4.90 Å². The molecule has 1 aliphatic rings. The number of carbonyl (C=O) groups excluding carboxylic acids is 1. The Labute approximate surface area is 109 Å². The fourth-order valence-electron chi connectivity index (χ4n) is 2.73. The summed E-state index contributed by atoms with van der Waals surface area (Å²) in [6.07, 6.45) is 1.75. The Balaban J connectivity index is 2.17. The molecule has 3 heteroatoms. The van der Waals surface area contributed by atoms with Crippen LogP contribution >= 0.6 is 0 Å². The number of methoxy groups -OCH3 is 1. The average molecular weight is 247 g/mol. The van der Waals surface area contributed by atoms with Gasteiger partial charge in [0.25, 0.3) is 0 Å². The van der Waals surface area contributed by atoms with E-state index in [-0.39, 0.29) is 11.9 Å². The third-order valence-corrected chi connectivity index (χ3v) is 3.83.